The average molecular weight is 294 g/mol. The molecule has 0 spiro atoms. The van der Waals surface area contributed by atoms with Gasteiger partial charge in [0.05, 0.1) is 0 Å². The molecule has 96 valence electrons. The van der Waals surface area contributed by atoms with E-state index in [1.807, 2.05) is 6.92 Å². The Morgan fingerprint density at radius 2 is 1.81 bits per heavy atom. The fourth-order valence-electron chi connectivity index (χ4n) is 1.37. The van der Waals surface area contributed by atoms with Crippen LogP contribution in [-0.2, 0) is 9.53 Å². The molecule has 0 fully saturated rings. The van der Waals surface area contributed by atoms with E-state index in [0.717, 1.165) is 44.2 Å². The molecule has 0 saturated heterocycles. The van der Waals surface area contributed by atoms with Crippen LogP contribution in [0.15, 0.2) is 0 Å². The number of rotatable bonds is 11. The van der Waals surface area contributed by atoms with Crippen molar-refractivity contribution in [1.82, 2.24) is 0 Å². The second-order valence-corrected chi connectivity index (χ2v) is 4.95. The summed E-state index contributed by atoms with van der Waals surface area (Å²) in [4.78, 5) is 10.8. The Hall–Kier alpha value is -0.0900. The van der Waals surface area contributed by atoms with E-state index >= 15 is 0 Å². The summed E-state index contributed by atoms with van der Waals surface area (Å²) in [5, 5.41) is 1.08. The summed E-state index contributed by atoms with van der Waals surface area (Å²) in [6.45, 7) is 3.54. The Morgan fingerprint density at radius 3 is 2.38 bits per heavy atom. The zero-order valence-electron chi connectivity index (χ0n) is 10.2. The maximum Gasteiger partial charge on any atom is 0.220 e. The zero-order chi connectivity index (χ0) is 12.2. The molecule has 0 aliphatic carbocycles. The first kappa shape index (κ1) is 15.9. The van der Waals surface area contributed by atoms with Gasteiger partial charge < -0.3 is 10.5 Å². The van der Waals surface area contributed by atoms with Crippen molar-refractivity contribution in [2.75, 3.05) is 18.5 Å². The zero-order valence-corrected chi connectivity index (χ0v) is 11.8. The van der Waals surface area contributed by atoms with Crippen molar-refractivity contribution in [3.05, 3.63) is 0 Å². The van der Waals surface area contributed by atoms with Crippen LogP contribution < -0.4 is 5.73 Å². The topological polar surface area (TPSA) is 52.3 Å². The number of alkyl halides is 1. The van der Waals surface area contributed by atoms with Crippen LogP contribution in [0.1, 0.15) is 45.4 Å². The van der Waals surface area contributed by atoms with Gasteiger partial charge in [-0.1, -0.05) is 35.7 Å². The lowest BCUT2D eigenvalue weighted by molar-refractivity contribution is -0.121. The predicted molar refractivity (Wildman–Crippen MR) is 70.7 cm³/mol. The number of amides is 1. The smallest absolute Gasteiger partial charge is 0.220 e. The van der Waals surface area contributed by atoms with Crippen LogP contribution in [-0.4, -0.2) is 24.5 Å². The fraction of sp³-hybridized carbons (Fsp3) is 0.917. The molecule has 1 unspecified atom stereocenters. The van der Waals surface area contributed by atoms with Crippen molar-refractivity contribution < 1.29 is 9.53 Å². The number of nitrogens with two attached hydrogens (primary N) is 1. The highest BCUT2D eigenvalue weighted by molar-refractivity contribution is 9.09. The number of primary amides is 1. The summed E-state index contributed by atoms with van der Waals surface area (Å²) in [5.74, 6) is -0.199. The fourth-order valence-corrected chi connectivity index (χ4v) is 1.77. The standard InChI is InChI=1S/C12H24BrNO2/c1-11(12(14)15)7-3-6-10-16-9-5-2-4-8-13/h11H,2-10H2,1H3,(H2,14,15). The summed E-state index contributed by atoms with van der Waals surface area (Å²) in [5.41, 5.74) is 5.17. The van der Waals surface area contributed by atoms with Crippen LogP contribution in [0.2, 0.25) is 0 Å². The summed E-state index contributed by atoms with van der Waals surface area (Å²) in [6.07, 6.45) is 6.51. The molecule has 0 rings (SSSR count). The van der Waals surface area contributed by atoms with Crippen LogP contribution in [0.4, 0.5) is 0 Å². The predicted octanol–water partition coefficient (Wildman–Crippen LogP) is 2.86. The molecule has 1 amide bonds. The van der Waals surface area contributed by atoms with Gasteiger partial charge in [0.15, 0.2) is 0 Å². The maximum atomic E-state index is 10.8. The quantitative estimate of drug-likeness (QED) is 0.470. The van der Waals surface area contributed by atoms with Gasteiger partial charge in [0, 0.05) is 24.5 Å². The van der Waals surface area contributed by atoms with Gasteiger partial charge in [0.25, 0.3) is 0 Å². The molecule has 0 radical (unpaired) electrons. The number of halogens is 1. The summed E-state index contributed by atoms with van der Waals surface area (Å²) in [6, 6.07) is 0. The first-order valence-corrected chi connectivity index (χ1v) is 7.23. The van der Waals surface area contributed by atoms with Crippen molar-refractivity contribution in [2.45, 2.75) is 45.4 Å². The van der Waals surface area contributed by atoms with Gasteiger partial charge in [-0.05, 0) is 25.7 Å². The lowest BCUT2D eigenvalue weighted by atomic mass is 10.0. The second-order valence-electron chi connectivity index (χ2n) is 4.16. The molecule has 0 aromatic rings. The Bertz CT molecular complexity index is 176. The molecule has 1 atom stereocenters. The third-order valence-electron chi connectivity index (χ3n) is 2.58. The molecule has 0 aromatic carbocycles. The molecule has 2 N–H and O–H groups in total. The molecule has 3 nitrogen and oxygen atoms in total. The van der Waals surface area contributed by atoms with Crippen LogP contribution in [0.25, 0.3) is 0 Å². The van der Waals surface area contributed by atoms with Crippen LogP contribution in [0.3, 0.4) is 0 Å². The van der Waals surface area contributed by atoms with Crippen molar-refractivity contribution in [3.8, 4) is 0 Å². The number of ether oxygens (including phenoxy) is 1. The molecule has 0 saturated carbocycles. The van der Waals surface area contributed by atoms with E-state index in [4.69, 9.17) is 10.5 Å². The highest BCUT2D eigenvalue weighted by atomic mass is 79.9. The van der Waals surface area contributed by atoms with Gasteiger partial charge in [-0.3, -0.25) is 4.79 Å². The van der Waals surface area contributed by atoms with E-state index in [9.17, 15) is 4.79 Å². The average Bonchev–Trinajstić information content (AvgIpc) is 2.26. The summed E-state index contributed by atoms with van der Waals surface area (Å²) < 4.78 is 5.49. The molecular formula is C12H24BrNO2. The molecule has 0 aliphatic rings. The van der Waals surface area contributed by atoms with Gasteiger partial charge in [0.2, 0.25) is 5.91 Å². The molecular weight excluding hydrogens is 270 g/mol. The van der Waals surface area contributed by atoms with Crippen LogP contribution in [0, 0.1) is 5.92 Å². The minimum absolute atomic E-state index is 0.000991. The minimum atomic E-state index is -0.198. The van der Waals surface area contributed by atoms with Gasteiger partial charge in [0.1, 0.15) is 0 Å². The number of carbonyl (C=O) groups is 1. The molecule has 0 aromatic heterocycles. The number of unbranched alkanes of at least 4 members (excludes halogenated alkanes) is 3. The van der Waals surface area contributed by atoms with Crippen molar-refractivity contribution in [3.63, 3.8) is 0 Å². The van der Waals surface area contributed by atoms with Crippen molar-refractivity contribution in [1.29, 1.82) is 0 Å². The minimum Gasteiger partial charge on any atom is -0.381 e. The maximum absolute atomic E-state index is 10.8. The molecule has 16 heavy (non-hydrogen) atoms. The Morgan fingerprint density at radius 1 is 1.19 bits per heavy atom. The lowest BCUT2D eigenvalue weighted by Crippen LogP contribution is -2.20. The molecule has 0 heterocycles. The third kappa shape index (κ3) is 10.4. The van der Waals surface area contributed by atoms with Crippen LogP contribution >= 0.6 is 15.9 Å². The number of hydrogen-bond acceptors (Lipinski definition) is 2. The lowest BCUT2D eigenvalue weighted by Gasteiger charge is -2.07. The third-order valence-corrected chi connectivity index (χ3v) is 3.14. The Kier molecular flexibility index (Phi) is 11.3. The molecule has 0 bridgehead atoms. The van der Waals surface area contributed by atoms with Crippen molar-refractivity contribution >= 4 is 21.8 Å². The van der Waals surface area contributed by atoms with Gasteiger partial charge in [-0.15, -0.1) is 0 Å². The molecule has 0 aliphatic heterocycles. The van der Waals surface area contributed by atoms with Crippen LogP contribution in [0.5, 0.6) is 0 Å². The van der Waals surface area contributed by atoms with E-state index in [1.165, 1.54) is 12.8 Å². The Balaban J connectivity index is 3.07. The monoisotopic (exact) mass is 293 g/mol. The highest BCUT2D eigenvalue weighted by Crippen LogP contribution is 2.07. The van der Waals surface area contributed by atoms with E-state index < -0.39 is 0 Å². The first-order valence-electron chi connectivity index (χ1n) is 6.11. The van der Waals surface area contributed by atoms with Gasteiger partial charge >= 0.3 is 0 Å². The van der Waals surface area contributed by atoms with E-state index in [-0.39, 0.29) is 11.8 Å². The van der Waals surface area contributed by atoms with E-state index in [2.05, 4.69) is 15.9 Å². The second kappa shape index (κ2) is 11.4. The summed E-state index contributed by atoms with van der Waals surface area (Å²) >= 11 is 3.40. The highest BCUT2D eigenvalue weighted by Gasteiger charge is 2.06. The largest absolute Gasteiger partial charge is 0.381 e. The van der Waals surface area contributed by atoms with Gasteiger partial charge in [-0.25, -0.2) is 0 Å². The Labute approximate surface area is 107 Å². The SMILES string of the molecule is CC(CCCCOCCCCCBr)C(N)=O. The van der Waals surface area contributed by atoms with Crippen molar-refractivity contribution in [2.24, 2.45) is 11.7 Å². The number of carbonyl (C=O) groups excluding carboxylic acids is 1. The van der Waals surface area contributed by atoms with Gasteiger partial charge in [-0.2, -0.15) is 0 Å². The number of hydrogen-bond donors (Lipinski definition) is 1. The molecule has 4 heteroatoms. The first-order chi connectivity index (χ1) is 7.68. The normalized spacial score (nSPS) is 12.6. The summed E-state index contributed by atoms with van der Waals surface area (Å²) in [7, 11) is 0. The van der Waals surface area contributed by atoms with E-state index in [1.54, 1.807) is 0 Å². The van der Waals surface area contributed by atoms with E-state index in [0.29, 0.717) is 0 Å².